The molecule has 110 valence electrons. The Bertz CT molecular complexity index is 629. The number of carbonyl (C=O) groups excluding carboxylic acids is 1. The predicted octanol–water partition coefficient (Wildman–Crippen LogP) is -0.543. The van der Waals surface area contributed by atoms with Crippen molar-refractivity contribution in [2.75, 3.05) is 18.8 Å². The zero-order valence-corrected chi connectivity index (χ0v) is 11.3. The van der Waals surface area contributed by atoms with Gasteiger partial charge in [-0.3, -0.25) is 19.9 Å². The lowest BCUT2D eigenvalue weighted by Gasteiger charge is -2.14. The number of carbonyl (C=O) groups is 1. The topological polar surface area (TPSA) is 121 Å². The maximum atomic E-state index is 12.3. The minimum atomic E-state index is -0.573. The Kier molecular flexibility index (Phi) is 3.53. The van der Waals surface area contributed by atoms with Crippen molar-refractivity contribution in [3.8, 4) is 0 Å². The van der Waals surface area contributed by atoms with E-state index < -0.39 is 6.10 Å². The van der Waals surface area contributed by atoms with E-state index in [9.17, 15) is 9.90 Å². The van der Waals surface area contributed by atoms with Crippen LogP contribution < -0.4 is 5.73 Å². The van der Waals surface area contributed by atoms with Gasteiger partial charge in [0.2, 0.25) is 0 Å². The van der Waals surface area contributed by atoms with Gasteiger partial charge in [-0.05, 0) is 6.42 Å². The summed E-state index contributed by atoms with van der Waals surface area (Å²) in [5.41, 5.74) is 6.63. The lowest BCUT2D eigenvalue weighted by Crippen LogP contribution is -2.29. The van der Waals surface area contributed by atoms with Gasteiger partial charge in [0.05, 0.1) is 11.8 Å². The molecular formula is C13H16N6O2. The van der Waals surface area contributed by atoms with Gasteiger partial charge in [0, 0.05) is 43.7 Å². The fraction of sp³-hybridized carbons (Fsp3) is 0.385. The van der Waals surface area contributed by atoms with Crippen molar-refractivity contribution in [1.29, 1.82) is 0 Å². The summed E-state index contributed by atoms with van der Waals surface area (Å²) in [5.74, 6) is 0.0139. The molecule has 1 amide bonds. The van der Waals surface area contributed by atoms with E-state index in [0.29, 0.717) is 25.2 Å². The molecule has 1 saturated heterocycles. The van der Waals surface area contributed by atoms with Gasteiger partial charge in [0.25, 0.3) is 5.91 Å². The number of aromatic amines is 1. The number of anilines is 1. The number of H-pyrrole nitrogens is 1. The van der Waals surface area contributed by atoms with Crippen LogP contribution in [0.15, 0.2) is 24.7 Å². The van der Waals surface area contributed by atoms with Crippen molar-refractivity contribution in [2.45, 2.75) is 12.5 Å². The molecule has 2 atom stereocenters. The van der Waals surface area contributed by atoms with E-state index in [1.807, 2.05) is 0 Å². The number of likely N-dealkylation sites (tertiary alicyclic amines) is 1. The molecule has 0 saturated carbocycles. The van der Waals surface area contributed by atoms with Gasteiger partial charge in [0.15, 0.2) is 0 Å². The van der Waals surface area contributed by atoms with Crippen LogP contribution in [0, 0.1) is 5.92 Å². The number of nitrogens with one attached hydrogen (secondary N) is 1. The minimum absolute atomic E-state index is 0.0501. The van der Waals surface area contributed by atoms with Gasteiger partial charge in [-0.1, -0.05) is 0 Å². The summed E-state index contributed by atoms with van der Waals surface area (Å²) in [6.07, 6.45) is 4.91. The fourth-order valence-corrected chi connectivity index (χ4v) is 2.54. The highest BCUT2D eigenvalue weighted by molar-refractivity contribution is 5.93. The molecule has 0 radical (unpaired) electrons. The Balaban J connectivity index is 1.67. The van der Waals surface area contributed by atoms with Gasteiger partial charge in [-0.15, -0.1) is 0 Å². The highest BCUT2D eigenvalue weighted by atomic mass is 16.3. The quantitative estimate of drug-likeness (QED) is 0.697. The van der Waals surface area contributed by atoms with Crippen LogP contribution in [0.25, 0.3) is 0 Å². The molecule has 0 unspecified atom stereocenters. The zero-order chi connectivity index (χ0) is 14.8. The van der Waals surface area contributed by atoms with Gasteiger partial charge >= 0.3 is 0 Å². The third-order valence-electron chi connectivity index (χ3n) is 3.61. The molecule has 1 fully saturated rings. The Morgan fingerprint density at radius 2 is 2.33 bits per heavy atom. The second-order valence-corrected chi connectivity index (χ2v) is 5.14. The van der Waals surface area contributed by atoms with Crippen LogP contribution in [0.2, 0.25) is 0 Å². The first-order valence-electron chi connectivity index (χ1n) is 6.66. The molecule has 8 heteroatoms. The summed E-state index contributed by atoms with van der Waals surface area (Å²) in [7, 11) is 0. The standard InChI is InChI=1S/C13H16N6O2/c14-12-4-10(17-18-12)13(21)19-6-8(11(20)7-19)3-9-5-15-1-2-16-9/h1-2,4-5,8,11,20H,3,6-7H2,(H3,14,17,18)/t8-,11-/m1/s1. The van der Waals surface area contributed by atoms with E-state index in [2.05, 4.69) is 20.2 Å². The predicted molar refractivity (Wildman–Crippen MR) is 74.1 cm³/mol. The number of nitrogens with zero attached hydrogens (tertiary/aromatic N) is 4. The molecule has 8 nitrogen and oxygen atoms in total. The molecule has 3 heterocycles. The molecule has 4 N–H and O–H groups in total. The van der Waals surface area contributed by atoms with Gasteiger partial charge in [-0.2, -0.15) is 5.10 Å². The number of rotatable bonds is 3. The molecule has 0 spiro atoms. The van der Waals surface area contributed by atoms with E-state index >= 15 is 0 Å². The molecule has 2 aromatic heterocycles. The average Bonchev–Trinajstić information content (AvgIpc) is 3.06. The maximum Gasteiger partial charge on any atom is 0.272 e. The highest BCUT2D eigenvalue weighted by Crippen LogP contribution is 2.22. The summed E-state index contributed by atoms with van der Waals surface area (Å²) in [5, 5.41) is 16.5. The van der Waals surface area contributed by atoms with E-state index in [-0.39, 0.29) is 17.6 Å². The van der Waals surface area contributed by atoms with Crippen LogP contribution >= 0.6 is 0 Å². The summed E-state index contributed by atoms with van der Waals surface area (Å²) < 4.78 is 0. The van der Waals surface area contributed by atoms with Crippen molar-refractivity contribution in [3.63, 3.8) is 0 Å². The third kappa shape index (κ3) is 2.84. The number of hydrogen-bond donors (Lipinski definition) is 3. The van der Waals surface area contributed by atoms with Crippen molar-refractivity contribution in [1.82, 2.24) is 25.1 Å². The summed E-state index contributed by atoms with van der Waals surface area (Å²) in [4.78, 5) is 22.1. The van der Waals surface area contributed by atoms with E-state index in [1.54, 1.807) is 23.5 Å². The molecule has 3 rings (SSSR count). The number of amides is 1. The second kappa shape index (κ2) is 5.49. The number of nitrogens with two attached hydrogens (primary N) is 1. The van der Waals surface area contributed by atoms with Crippen LogP contribution in [0.4, 0.5) is 5.82 Å². The highest BCUT2D eigenvalue weighted by Gasteiger charge is 2.35. The van der Waals surface area contributed by atoms with E-state index in [4.69, 9.17) is 5.73 Å². The lowest BCUT2D eigenvalue weighted by molar-refractivity contribution is 0.0759. The van der Waals surface area contributed by atoms with E-state index in [0.717, 1.165) is 5.69 Å². The van der Waals surface area contributed by atoms with Crippen LogP contribution in [0.5, 0.6) is 0 Å². The Labute approximate surface area is 121 Å². The number of aliphatic hydroxyl groups is 1. The number of aliphatic hydroxyl groups excluding tert-OH is 1. The maximum absolute atomic E-state index is 12.3. The van der Waals surface area contributed by atoms with Gasteiger partial charge in [-0.25, -0.2) is 0 Å². The molecule has 1 aliphatic rings. The number of aromatic nitrogens is 4. The first kappa shape index (κ1) is 13.5. The molecule has 1 aliphatic heterocycles. The van der Waals surface area contributed by atoms with Crippen LogP contribution in [-0.2, 0) is 6.42 Å². The minimum Gasteiger partial charge on any atom is -0.391 e. The van der Waals surface area contributed by atoms with Crippen LogP contribution in [-0.4, -0.2) is 55.3 Å². The van der Waals surface area contributed by atoms with Crippen LogP contribution in [0.1, 0.15) is 16.2 Å². The number of nitrogen functional groups attached to an aromatic ring is 1. The lowest BCUT2D eigenvalue weighted by atomic mass is 10.0. The second-order valence-electron chi connectivity index (χ2n) is 5.14. The Hall–Kier alpha value is -2.48. The molecule has 0 aromatic carbocycles. The summed E-state index contributed by atoms with van der Waals surface area (Å²) in [6, 6.07) is 1.49. The zero-order valence-electron chi connectivity index (χ0n) is 11.3. The third-order valence-corrected chi connectivity index (χ3v) is 3.61. The first-order chi connectivity index (χ1) is 10.1. The van der Waals surface area contributed by atoms with Crippen molar-refractivity contribution >= 4 is 11.7 Å². The molecule has 21 heavy (non-hydrogen) atoms. The normalized spacial score (nSPS) is 21.7. The fourth-order valence-electron chi connectivity index (χ4n) is 2.54. The molecule has 2 aromatic rings. The smallest absolute Gasteiger partial charge is 0.272 e. The first-order valence-corrected chi connectivity index (χ1v) is 6.66. The SMILES string of the molecule is Nc1cc(C(=O)N2C[C@@H](Cc3cnccn3)[C@H](O)C2)[nH]n1. The number of hydrogen-bond acceptors (Lipinski definition) is 6. The molecule has 0 aliphatic carbocycles. The monoisotopic (exact) mass is 288 g/mol. The molecule has 0 bridgehead atoms. The average molecular weight is 288 g/mol. The summed E-state index contributed by atoms with van der Waals surface area (Å²) in [6.45, 7) is 0.762. The summed E-state index contributed by atoms with van der Waals surface area (Å²) >= 11 is 0. The Morgan fingerprint density at radius 1 is 1.48 bits per heavy atom. The largest absolute Gasteiger partial charge is 0.391 e. The van der Waals surface area contributed by atoms with Crippen LogP contribution in [0.3, 0.4) is 0 Å². The number of β-amino-alcohol motifs (C(OH)–C–C–N with tert-alkyl or cyclic N) is 1. The van der Waals surface area contributed by atoms with Crippen molar-refractivity contribution < 1.29 is 9.90 Å². The van der Waals surface area contributed by atoms with Crippen molar-refractivity contribution in [2.24, 2.45) is 5.92 Å². The van der Waals surface area contributed by atoms with E-state index in [1.165, 1.54) is 6.07 Å². The molecular weight excluding hydrogens is 272 g/mol. The van der Waals surface area contributed by atoms with Gasteiger partial charge < -0.3 is 15.7 Å². The van der Waals surface area contributed by atoms with Gasteiger partial charge in [0.1, 0.15) is 11.5 Å². The van der Waals surface area contributed by atoms with Crippen molar-refractivity contribution in [3.05, 3.63) is 36.0 Å². The Morgan fingerprint density at radius 3 is 3.00 bits per heavy atom.